The van der Waals surface area contributed by atoms with Crippen molar-refractivity contribution in [1.29, 1.82) is 0 Å². The zero-order chi connectivity index (χ0) is 15.5. The molecule has 21 heavy (non-hydrogen) atoms. The smallest absolute Gasteiger partial charge is 0.241 e. The van der Waals surface area contributed by atoms with E-state index in [9.17, 15) is 8.42 Å². The molecule has 0 saturated carbocycles. The summed E-state index contributed by atoms with van der Waals surface area (Å²) >= 11 is 0. The fraction of sp³-hybridized carbons (Fsp3) is 0.312. The van der Waals surface area contributed by atoms with Crippen molar-refractivity contribution in [2.24, 2.45) is 0 Å². The molecule has 5 heteroatoms. The maximum atomic E-state index is 12.6. The van der Waals surface area contributed by atoms with Gasteiger partial charge in [-0.25, -0.2) is 13.1 Å². The van der Waals surface area contributed by atoms with Crippen LogP contribution in [-0.2, 0) is 10.0 Å². The molecule has 1 N–H and O–H groups in total. The molecule has 4 nitrogen and oxygen atoms in total. The molecule has 0 spiro atoms. The maximum absolute atomic E-state index is 12.6. The van der Waals surface area contributed by atoms with E-state index in [1.165, 1.54) is 0 Å². The first kappa shape index (κ1) is 15.5. The molecule has 0 saturated heterocycles. The third kappa shape index (κ3) is 3.23. The van der Waals surface area contributed by atoms with Gasteiger partial charge in [0.15, 0.2) is 0 Å². The average molecular weight is 302 g/mol. The molecule has 1 atom stereocenters. The Hall–Kier alpha value is -1.90. The van der Waals surface area contributed by atoms with E-state index >= 15 is 0 Å². The second kappa shape index (κ2) is 6.25. The van der Waals surface area contributed by atoms with E-state index in [0.717, 1.165) is 5.56 Å². The highest BCUT2D eigenvalue weighted by molar-refractivity contribution is 7.89. The summed E-state index contributed by atoms with van der Waals surface area (Å²) < 4.78 is 27.9. The minimum atomic E-state index is -3.62. The van der Waals surface area contributed by atoms with E-state index in [0.29, 0.717) is 23.7 Å². The molecule has 0 bridgehead atoms. The van der Waals surface area contributed by atoms with Gasteiger partial charge in [-0.1, -0.05) is 13.0 Å². The molecule has 0 fully saturated rings. The Bertz CT molecular complexity index is 792. The van der Waals surface area contributed by atoms with Crippen LogP contribution in [0.2, 0.25) is 0 Å². The van der Waals surface area contributed by atoms with Crippen molar-refractivity contribution in [3.63, 3.8) is 0 Å². The first-order chi connectivity index (χ1) is 9.99. The summed E-state index contributed by atoms with van der Waals surface area (Å²) in [5.74, 6) is 2.50. The summed E-state index contributed by atoms with van der Waals surface area (Å²) in [7, 11) is -3.62. The molecule has 0 aliphatic heterocycles. The minimum absolute atomic E-state index is 0.242. The van der Waals surface area contributed by atoms with Crippen molar-refractivity contribution in [2.45, 2.75) is 37.6 Å². The zero-order valence-electron chi connectivity index (χ0n) is 12.1. The fourth-order valence-electron chi connectivity index (χ4n) is 2.22. The van der Waals surface area contributed by atoms with Gasteiger partial charge in [0.1, 0.15) is 0 Å². The Morgan fingerprint density at radius 3 is 2.81 bits per heavy atom. The number of rotatable bonds is 5. The van der Waals surface area contributed by atoms with Gasteiger partial charge >= 0.3 is 0 Å². The van der Waals surface area contributed by atoms with Gasteiger partial charge < -0.3 is 0 Å². The third-order valence-electron chi connectivity index (χ3n) is 3.40. The van der Waals surface area contributed by atoms with Gasteiger partial charge in [0.05, 0.1) is 10.4 Å². The predicted octanol–water partition coefficient (Wildman–Crippen LogP) is 2.62. The number of benzene rings is 1. The van der Waals surface area contributed by atoms with Crippen LogP contribution < -0.4 is 4.72 Å². The molecule has 0 amide bonds. The van der Waals surface area contributed by atoms with Crippen molar-refractivity contribution >= 4 is 20.9 Å². The van der Waals surface area contributed by atoms with E-state index in [1.807, 2.05) is 13.8 Å². The Labute approximate surface area is 125 Å². The Balaban J connectivity index is 2.51. The molecule has 110 valence electrons. The van der Waals surface area contributed by atoms with Crippen molar-refractivity contribution < 1.29 is 8.42 Å². The molecular formula is C16H18N2O2S. The second-order valence-corrected chi connectivity index (χ2v) is 6.60. The number of nitrogens with one attached hydrogen (secondary N) is 1. The number of pyridine rings is 1. The summed E-state index contributed by atoms with van der Waals surface area (Å²) in [4.78, 5) is 4.51. The third-order valence-corrected chi connectivity index (χ3v) is 4.98. The van der Waals surface area contributed by atoms with Crippen molar-refractivity contribution in [3.8, 4) is 12.3 Å². The Morgan fingerprint density at radius 1 is 1.38 bits per heavy atom. The molecule has 0 radical (unpaired) electrons. The summed E-state index contributed by atoms with van der Waals surface area (Å²) in [5, 5.41) is 0.626. The molecule has 0 aliphatic carbocycles. The molecule has 1 heterocycles. The number of aryl methyl sites for hydroxylation is 1. The quantitative estimate of drug-likeness (QED) is 0.864. The topological polar surface area (TPSA) is 59.1 Å². The number of sulfonamides is 1. The maximum Gasteiger partial charge on any atom is 0.241 e. The van der Waals surface area contributed by atoms with Crippen LogP contribution in [0.15, 0.2) is 35.4 Å². The van der Waals surface area contributed by atoms with E-state index < -0.39 is 10.0 Å². The number of nitrogens with zero attached hydrogens (tertiary/aromatic N) is 1. The van der Waals surface area contributed by atoms with Crippen LogP contribution in [0.1, 0.15) is 25.3 Å². The minimum Gasteiger partial charge on any atom is -0.256 e. The van der Waals surface area contributed by atoms with Gasteiger partial charge in [0, 0.05) is 24.0 Å². The van der Waals surface area contributed by atoms with Crippen LogP contribution in [0.3, 0.4) is 0 Å². The molecular weight excluding hydrogens is 284 g/mol. The molecule has 2 aromatic rings. The highest BCUT2D eigenvalue weighted by atomic mass is 32.2. The van der Waals surface area contributed by atoms with Gasteiger partial charge in [-0.2, -0.15) is 0 Å². The number of aromatic nitrogens is 1. The molecule has 1 aromatic heterocycles. The SMILES string of the molecule is C#CCC(CC)NS(=O)(=O)c1ccc(C)c2ncccc12. The van der Waals surface area contributed by atoms with Gasteiger partial charge in [0.25, 0.3) is 0 Å². The first-order valence-electron chi connectivity index (χ1n) is 6.79. The van der Waals surface area contributed by atoms with Gasteiger partial charge in [-0.15, -0.1) is 12.3 Å². The Morgan fingerprint density at radius 2 is 2.14 bits per heavy atom. The largest absolute Gasteiger partial charge is 0.256 e. The van der Waals surface area contributed by atoms with Crippen LogP contribution in [-0.4, -0.2) is 19.4 Å². The summed E-state index contributed by atoms with van der Waals surface area (Å²) in [6.07, 6.45) is 7.95. The van der Waals surface area contributed by atoms with Crippen LogP contribution in [0.4, 0.5) is 0 Å². The van der Waals surface area contributed by atoms with Crippen molar-refractivity contribution in [3.05, 3.63) is 36.0 Å². The lowest BCUT2D eigenvalue weighted by molar-refractivity contribution is 0.545. The summed E-state index contributed by atoms with van der Waals surface area (Å²) in [6.45, 7) is 3.81. The molecule has 1 aromatic carbocycles. The highest BCUT2D eigenvalue weighted by Gasteiger charge is 2.21. The summed E-state index contributed by atoms with van der Waals surface area (Å²) in [5.41, 5.74) is 1.64. The first-order valence-corrected chi connectivity index (χ1v) is 8.28. The monoisotopic (exact) mass is 302 g/mol. The van der Waals surface area contributed by atoms with Crippen LogP contribution in [0, 0.1) is 19.3 Å². The molecule has 0 aliphatic rings. The average Bonchev–Trinajstić information content (AvgIpc) is 2.47. The number of hydrogen-bond donors (Lipinski definition) is 1. The van der Waals surface area contributed by atoms with Crippen LogP contribution in [0.5, 0.6) is 0 Å². The van der Waals surface area contributed by atoms with Crippen molar-refractivity contribution in [2.75, 3.05) is 0 Å². The lowest BCUT2D eigenvalue weighted by Crippen LogP contribution is -2.34. The van der Waals surface area contributed by atoms with Crippen LogP contribution >= 0.6 is 0 Å². The van der Waals surface area contributed by atoms with Crippen LogP contribution in [0.25, 0.3) is 10.9 Å². The molecule has 2 rings (SSSR count). The van der Waals surface area contributed by atoms with E-state index in [-0.39, 0.29) is 10.9 Å². The predicted molar refractivity (Wildman–Crippen MR) is 84.3 cm³/mol. The lowest BCUT2D eigenvalue weighted by atomic mass is 10.1. The van der Waals surface area contributed by atoms with E-state index in [4.69, 9.17) is 6.42 Å². The second-order valence-electron chi connectivity index (χ2n) is 4.91. The van der Waals surface area contributed by atoms with Gasteiger partial charge in [-0.3, -0.25) is 4.98 Å². The highest BCUT2D eigenvalue weighted by Crippen LogP contribution is 2.24. The standard InChI is InChI=1S/C16H18N2O2S/c1-4-7-13(5-2)18-21(19,20)15-10-9-12(3)16-14(15)8-6-11-17-16/h1,6,8-11,13,18H,5,7H2,2-3H3. The number of hydrogen-bond acceptors (Lipinski definition) is 3. The number of fused-ring (bicyclic) bond motifs is 1. The van der Waals surface area contributed by atoms with E-state index in [2.05, 4.69) is 15.6 Å². The normalized spacial score (nSPS) is 13.0. The zero-order valence-corrected chi connectivity index (χ0v) is 12.9. The fourth-order valence-corrected chi connectivity index (χ4v) is 3.73. The van der Waals surface area contributed by atoms with Crippen molar-refractivity contribution in [1.82, 2.24) is 9.71 Å². The van der Waals surface area contributed by atoms with E-state index in [1.54, 1.807) is 30.5 Å². The Kier molecular flexibility index (Phi) is 4.61. The number of terminal acetylenes is 1. The summed E-state index contributed by atoms with van der Waals surface area (Å²) in [6, 6.07) is 6.63. The lowest BCUT2D eigenvalue weighted by Gasteiger charge is -2.16. The molecule has 1 unspecified atom stereocenters. The van der Waals surface area contributed by atoms with Gasteiger partial charge in [-0.05, 0) is 37.1 Å². The van der Waals surface area contributed by atoms with Gasteiger partial charge in [0.2, 0.25) is 10.0 Å².